The number of nitrogens with zero attached hydrogens (tertiary/aromatic N) is 3. The Morgan fingerprint density at radius 3 is 2.71 bits per heavy atom. The van der Waals surface area contributed by atoms with Crippen LogP contribution in [-0.4, -0.2) is 14.8 Å². The van der Waals surface area contributed by atoms with E-state index in [0.29, 0.717) is 0 Å². The third-order valence-electron chi connectivity index (χ3n) is 3.43. The Balaban J connectivity index is 1.77. The normalized spacial score (nSPS) is 12.5. The molecule has 0 amide bonds. The number of hydrogen-bond acceptors (Lipinski definition) is 4. The molecule has 4 nitrogen and oxygen atoms in total. The summed E-state index contributed by atoms with van der Waals surface area (Å²) in [7, 11) is 1.93. The summed E-state index contributed by atoms with van der Waals surface area (Å²) >= 11 is 1.66. The zero-order valence-electron chi connectivity index (χ0n) is 12.2. The number of aryl methyl sites for hydroxylation is 2. The van der Waals surface area contributed by atoms with Crippen molar-refractivity contribution in [1.82, 2.24) is 14.8 Å². The van der Waals surface area contributed by atoms with E-state index in [1.165, 1.54) is 0 Å². The van der Waals surface area contributed by atoms with Gasteiger partial charge in [0.15, 0.2) is 0 Å². The van der Waals surface area contributed by atoms with Crippen LogP contribution in [0.3, 0.4) is 0 Å². The van der Waals surface area contributed by atoms with Crippen molar-refractivity contribution < 1.29 is 0 Å². The van der Waals surface area contributed by atoms with Gasteiger partial charge in [-0.05, 0) is 13.0 Å². The van der Waals surface area contributed by atoms with Crippen LogP contribution in [0, 0.1) is 6.92 Å². The maximum Gasteiger partial charge on any atom is 0.0952 e. The van der Waals surface area contributed by atoms with Crippen molar-refractivity contribution in [1.29, 1.82) is 0 Å². The Hall–Kier alpha value is -1.98. The molecule has 3 rings (SSSR count). The van der Waals surface area contributed by atoms with Crippen LogP contribution in [0.1, 0.15) is 22.4 Å². The SMILES string of the molecule is Cc1cc(C(N)Cc2nc(-c3ccccc3)cs2)n(C)n1. The highest BCUT2D eigenvalue weighted by Crippen LogP contribution is 2.24. The zero-order valence-corrected chi connectivity index (χ0v) is 13.0. The molecule has 3 aromatic rings. The first kappa shape index (κ1) is 14.0. The van der Waals surface area contributed by atoms with Crippen molar-refractivity contribution in [3.8, 4) is 11.3 Å². The molecule has 1 unspecified atom stereocenters. The van der Waals surface area contributed by atoms with E-state index in [1.54, 1.807) is 11.3 Å². The molecule has 0 radical (unpaired) electrons. The lowest BCUT2D eigenvalue weighted by Gasteiger charge is -2.09. The van der Waals surface area contributed by atoms with Crippen LogP contribution >= 0.6 is 11.3 Å². The van der Waals surface area contributed by atoms with Crippen molar-refractivity contribution in [3.05, 3.63) is 58.2 Å². The molecule has 0 spiro atoms. The molecule has 0 aliphatic heterocycles. The van der Waals surface area contributed by atoms with E-state index in [0.717, 1.165) is 34.1 Å². The molecule has 2 heterocycles. The number of thiazole rings is 1. The van der Waals surface area contributed by atoms with Crippen LogP contribution < -0.4 is 5.73 Å². The fraction of sp³-hybridized carbons (Fsp3) is 0.250. The molecular weight excluding hydrogens is 280 g/mol. The Kier molecular flexibility index (Phi) is 3.86. The maximum atomic E-state index is 6.29. The van der Waals surface area contributed by atoms with Gasteiger partial charge in [0.1, 0.15) is 0 Å². The van der Waals surface area contributed by atoms with E-state index < -0.39 is 0 Å². The van der Waals surface area contributed by atoms with Crippen LogP contribution in [0.4, 0.5) is 0 Å². The number of nitrogens with two attached hydrogens (primary N) is 1. The van der Waals surface area contributed by atoms with Gasteiger partial charge in [0.25, 0.3) is 0 Å². The highest BCUT2D eigenvalue weighted by atomic mass is 32.1. The summed E-state index contributed by atoms with van der Waals surface area (Å²) < 4.78 is 1.85. The van der Waals surface area contributed by atoms with E-state index in [-0.39, 0.29) is 6.04 Å². The molecule has 0 aliphatic rings. The lowest BCUT2D eigenvalue weighted by atomic mass is 10.1. The van der Waals surface area contributed by atoms with E-state index in [9.17, 15) is 0 Å². The number of rotatable bonds is 4. The van der Waals surface area contributed by atoms with Gasteiger partial charge in [0.05, 0.1) is 28.1 Å². The van der Waals surface area contributed by atoms with Crippen LogP contribution in [-0.2, 0) is 13.5 Å². The van der Waals surface area contributed by atoms with Crippen molar-refractivity contribution in [2.24, 2.45) is 12.8 Å². The van der Waals surface area contributed by atoms with E-state index >= 15 is 0 Å². The predicted octanol–water partition coefficient (Wildman–Crippen LogP) is 3.09. The van der Waals surface area contributed by atoms with Gasteiger partial charge in [-0.1, -0.05) is 30.3 Å². The average Bonchev–Trinajstić information content (AvgIpc) is 3.06. The fourth-order valence-electron chi connectivity index (χ4n) is 2.42. The third-order valence-corrected chi connectivity index (χ3v) is 4.31. The first-order valence-electron chi connectivity index (χ1n) is 6.89. The molecule has 1 atom stereocenters. The molecule has 0 bridgehead atoms. The first-order chi connectivity index (χ1) is 10.1. The Morgan fingerprint density at radius 1 is 1.29 bits per heavy atom. The van der Waals surface area contributed by atoms with Crippen molar-refractivity contribution in [2.45, 2.75) is 19.4 Å². The van der Waals surface area contributed by atoms with Crippen LogP contribution in [0.25, 0.3) is 11.3 Å². The van der Waals surface area contributed by atoms with Crippen LogP contribution in [0.2, 0.25) is 0 Å². The van der Waals surface area contributed by atoms with Gasteiger partial charge in [-0.2, -0.15) is 5.10 Å². The molecule has 108 valence electrons. The van der Waals surface area contributed by atoms with Gasteiger partial charge in [-0.25, -0.2) is 4.98 Å². The van der Waals surface area contributed by atoms with Gasteiger partial charge in [0, 0.05) is 24.4 Å². The van der Waals surface area contributed by atoms with Gasteiger partial charge < -0.3 is 5.73 Å². The summed E-state index contributed by atoms with van der Waals surface area (Å²) in [6, 6.07) is 12.2. The molecule has 0 saturated carbocycles. The first-order valence-corrected chi connectivity index (χ1v) is 7.77. The summed E-state index contributed by atoms with van der Waals surface area (Å²) in [5.74, 6) is 0. The molecule has 5 heteroatoms. The Labute approximate surface area is 128 Å². The highest BCUT2D eigenvalue weighted by molar-refractivity contribution is 7.09. The van der Waals surface area contributed by atoms with Crippen molar-refractivity contribution in [3.63, 3.8) is 0 Å². The summed E-state index contributed by atoms with van der Waals surface area (Å²) in [6.07, 6.45) is 0.733. The van der Waals surface area contributed by atoms with Crippen LogP contribution in [0.5, 0.6) is 0 Å². The largest absolute Gasteiger partial charge is 0.322 e. The Bertz CT molecular complexity index is 730. The van der Waals surface area contributed by atoms with E-state index in [1.807, 2.05) is 42.9 Å². The molecule has 2 aromatic heterocycles. The number of benzene rings is 1. The second-order valence-electron chi connectivity index (χ2n) is 5.14. The van der Waals surface area contributed by atoms with Gasteiger partial charge in [0.2, 0.25) is 0 Å². The molecule has 0 fully saturated rings. The van der Waals surface area contributed by atoms with Gasteiger partial charge in [-0.15, -0.1) is 11.3 Å². The van der Waals surface area contributed by atoms with Crippen molar-refractivity contribution in [2.75, 3.05) is 0 Å². The molecule has 0 aliphatic carbocycles. The topological polar surface area (TPSA) is 56.7 Å². The van der Waals surface area contributed by atoms with Crippen LogP contribution in [0.15, 0.2) is 41.8 Å². The molecule has 0 saturated heterocycles. The molecular formula is C16H18N4S. The lowest BCUT2D eigenvalue weighted by molar-refractivity contribution is 0.614. The molecule has 2 N–H and O–H groups in total. The lowest BCUT2D eigenvalue weighted by Crippen LogP contribution is -2.17. The predicted molar refractivity (Wildman–Crippen MR) is 86.1 cm³/mol. The fourth-order valence-corrected chi connectivity index (χ4v) is 3.28. The summed E-state index contributed by atoms with van der Waals surface area (Å²) in [5.41, 5.74) is 10.5. The summed E-state index contributed by atoms with van der Waals surface area (Å²) in [6.45, 7) is 1.98. The smallest absolute Gasteiger partial charge is 0.0952 e. The monoisotopic (exact) mass is 298 g/mol. The average molecular weight is 298 g/mol. The minimum absolute atomic E-state index is 0.0778. The highest BCUT2D eigenvalue weighted by Gasteiger charge is 2.14. The zero-order chi connectivity index (χ0) is 14.8. The van der Waals surface area contributed by atoms with Crippen molar-refractivity contribution >= 4 is 11.3 Å². The van der Waals surface area contributed by atoms with Gasteiger partial charge in [-0.3, -0.25) is 4.68 Å². The second-order valence-corrected chi connectivity index (χ2v) is 6.08. The molecule has 1 aromatic carbocycles. The Morgan fingerprint density at radius 2 is 2.05 bits per heavy atom. The minimum Gasteiger partial charge on any atom is -0.322 e. The molecule has 21 heavy (non-hydrogen) atoms. The second kappa shape index (κ2) is 5.79. The minimum atomic E-state index is -0.0778. The summed E-state index contributed by atoms with van der Waals surface area (Å²) in [5, 5.41) is 7.49. The quantitative estimate of drug-likeness (QED) is 0.805. The third kappa shape index (κ3) is 3.04. The standard InChI is InChI=1S/C16H18N4S/c1-11-8-15(20(2)19-11)13(17)9-16-18-14(10-21-16)12-6-4-3-5-7-12/h3-8,10,13H,9,17H2,1-2H3. The number of hydrogen-bond donors (Lipinski definition) is 1. The van der Waals surface area contributed by atoms with Gasteiger partial charge >= 0.3 is 0 Å². The number of aromatic nitrogens is 3. The summed E-state index contributed by atoms with van der Waals surface area (Å²) in [4.78, 5) is 4.69. The maximum absolute atomic E-state index is 6.29. The van der Waals surface area contributed by atoms with E-state index in [4.69, 9.17) is 10.7 Å². The van der Waals surface area contributed by atoms with E-state index in [2.05, 4.69) is 22.6 Å².